The molecular weight excluding hydrogens is 280 g/mol. The van der Waals surface area contributed by atoms with Crippen molar-refractivity contribution in [2.24, 2.45) is 0 Å². The van der Waals surface area contributed by atoms with Crippen LogP contribution in [0.4, 0.5) is 0 Å². The summed E-state index contributed by atoms with van der Waals surface area (Å²) in [5, 5.41) is 10.1. The number of unbranched alkanes of at least 4 members (excludes halogenated alkanes) is 10. The maximum Gasteiger partial charge on any atom is 0.119 e. The second-order valence-corrected chi connectivity index (χ2v) is 6.95. The Bertz CT molecular complexity index is 397. The van der Waals surface area contributed by atoms with E-state index in [1.165, 1.54) is 88.2 Å². The highest BCUT2D eigenvalue weighted by atomic mass is 16.3. The molecule has 0 aliphatic carbocycles. The first-order chi connectivity index (χ1) is 11.3. The minimum Gasteiger partial charge on any atom is -0.508 e. The molecule has 1 aromatic carbocycles. The minimum absolute atomic E-state index is 0.509. The maximum atomic E-state index is 10.1. The van der Waals surface area contributed by atoms with Crippen molar-refractivity contribution in [3.63, 3.8) is 0 Å². The van der Waals surface area contributed by atoms with E-state index in [-0.39, 0.29) is 0 Å². The SMILES string of the molecule is CCCCCCCCCCCCc1c(O)cccc1CCCC. The number of aromatic hydroxyl groups is 1. The van der Waals surface area contributed by atoms with Crippen LogP contribution in [-0.4, -0.2) is 5.11 Å². The van der Waals surface area contributed by atoms with Crippen LogP contribution in [0, 0.1) is 0 Å². The van der Waals surface area contributed by atoms with Gasteiger partial charge in [0, 0.05) is 0 Å². The molecule has 23 heavy (non-hydrogen) atoms. The van der Waals surface area contributed by atoms with E-state index >= 15 is 0 Å². The number of aryl methyl sites for hydroxylation is 1. The van der Waals surface area contributed by atoms with E-state index in [9.17, 15) is 5.11 Å². The highest BCUT2D eigenvalue weighted by Crippen LogP contribution is 2.25. The first-order valence-electron chi connectivity index (χ1n) is 10.1. The Morgan fingerprint density at radius 3 is 1.83 bits per heavy atom. The molecule has 0 bridgehead atoms. The van der Waals surface area contributed by atoms with Crippen LogP contribution in [0.5, 0.6) is 5.75 Å². The molecule has 1 heteroatoms. The molecular formula is C22H38O. The molecule has 0 fully saturated rings. The monoisotopic (exact) mass is 318 g/mol. The van der Waals surface area contributed by atoms with Gasteiger partial charge in [-0.3, -0.25) is 0 Å². The molecule has 0 radical (unpaired) electrons. The lowest BCUT2D eigenvalue weighted by molar-refractivity contribution is 0.464. The summed E-state index contributed by atoms with van der Waals surface area (Å²) in [5.41, 5.74) is 2.57. The minimum atomic E-state index is 0.509. The molecule has 0 atom stereocenters. The Morgan fingerprint density at radius 2 is 1.22 bits per heavy atom. The Balaban J connectivity index is 2.15. The lowest BCUT2D eigenvalue weighted by Gasteiger charge is -2.11. The average Bonchev–Trinajstić information content (AvgIpc) is 2.56. The standard InChI is InChI=1S/C22H38O/c1-3-5-7-8-9-10-11-12-13-14-18-21-20(16-6-4-2)17-15-19-22(21)23/h15,17,19,23H,3-14,16,18H2,1-2H3. The molecule has 0 aliphatic rings. The second-order valence-electron chi connectivity index (χ2n) is 6.95. The highest BCUT2D eigenvalue weighted by Gasteiger charge is 2.07. The van der Waals surface area contributed by atoms with Crippen LogP contribution in [0.2, 0.25) is 0 Å². The van der Waals surface area contributed by atoms with Gasteiger partial charge >= 0.3 is 0 Å². The fourth-order valence-electron chi connectivity index (χ4n) is 3.30. The Kier molecular flexibility index (Phi) is 11.7. The van der Waals surface area contributed by atoms with Crippen LogP contribution in [0.1, 0.15) is 102 Å². The van der Waals surface area contributed by atoms with Crippen LogP contribution in [0.25, 0.3) is 0 Å². The first kappa shape index (κ1) is 20.1. The van der Waals surface area contributed by atoms with Gasteiger partial charge in [-0.1, -0.05) is 90.2 Å². The molecule has 1 rings (SSSR count). The summed E-state index contributed by atoms with van der Waals surface area (Å²) in [6.07, 6.45) is 18.2. The van der Waals surface area contributed by atoms with Crippen molar-refractivity contribution in [3.8, 4) is 5.75 Å². The zero-order valence-corrected chi connectivity index (χ0v) is 15.6. The quantitative estimate of drug-likeness (QED) is 0.360. The molecule has 1 N–H and O–H groups in total. The van der Waals surface area contributed by atoms with E-state index in [1.54, 1.807) is 0 Å². The fourth-order valence-corrected chi connectivity index (χ4v) is 3.30. The van der Waals surface area contributed by atoms with Gasteiger partial charge in [0.05, 0.1) is 0 Å². The van der Waals surface area contributed by atoms with Crippen molar-refractivity contribution in [3.05, 3.63) is 29.3 Å². The van der Waals surface area contributed by atoms with E-state index < -0.39 is 0 Å². The number of phenols is 1. The summed E-state index contributed by atoms with van der Waals surface area (Å²) in [4.78, 5) is 0. The Hall–Kier alpha value is -0.980. The molecule has 0 saturated heterocycles. The highest BCUT2D eigenvalue weighted by molar-refractivity contribution is 5.39. The predicted molar refractivity (Wildman–Crippen MR) is 102 cm³/mol. The number of rotatable bonds is 14. The summed E-state index contributed by atoms with van der Waals surface area (Å²) < 4.78 is 0. The van der Waals surface area contributed by atoms with Crippen molar-refractivity contribution in [2.75, 3.05) is 0 Å². The Morgan fingerprint density at radius 1 is 0.652 bits per heavy atom. The number of hydrogen-bond donors (Lipinski definition) is 1. The van der Waals surface area contributed by atoms with E-state index in [0.717, 1.165) is 12.8 Å². The van der Waals surface area contributed by atoms with Gasteiger partial charge in [0.15, 0.2) is 0 Å². The summed E-state index contributed by atoms with van der Waals surface area (Å²) in [6, 6.07) is 6.03. The molecule has 0 aliphatic heterocycles. The van der Waals surface area contributed by atoms with Gasteiger partial charge in [-0.15, -0.1) is 0 Å². The van der Waals surface area contributed by atoms with Crippen LogP contribution >= 0.6 is 0 Å². The largest absolute Gasteiger partial charge is 0.508 e. The molecule has 0 aromatic heterocycles. The summed E-state index contributed by atoms with van der Waals surface area (Å²) in [5.74, 6) is 0.509. The fraction of sp³-hybridized carbons (Fsp3) is 0.727. The molecule has 0 unspecified atom stereocenters. The average molecular weight is 319 g/mol. The normalized spacial score (nSPS) is 11.0. The van der Waals surface area contributed by atoms with Gasteiger partial charge in [-0.25, -0.2) is 0 Å². The third-order valence-corrected chi connectivity index (χ3v) is 4.83. The second kappa shape index (κ2) is 13.5. The Labute approximate surface area is 144 Å². The summed E-state index contributed by atoms with van der Waals surface area (Å²) in [7, 11) is 0. The van der Waals surface area contributed by atoms with E-state index in [0.29, 0.717) is 5.75 Å². The predicted octanol–water partition coefficient (Wildman–Crippen LogP) is 7.20. The van der Waals surface area contributed by atoms with Gasteiger partial charge < -0.3 is 5.11 Å². The van der Waals surface area contributed by atoms with Gasteiger partial charge in [0.1, 0.15) is 5.75 Å². The van der Waals surface area contributed by atoms with Gasteiger partial charge in [-0.2, -0.15) is 0 Å². The molecule has 0 heterocycles. The third kappa shape index (κ3) is 9.03. The zero-order valence-electron chi connectivity index (χ0n) is 15.6. The van der Waals surface area contributed by atoms with Crippen molar-refractivity contribution in [2.45, 2.75) is 104 Å². The third-order valence-electron chi connectivity index (χ3n) is 4.83. The lowest BCUT2D eigenvalue weighted by atomic mass is 9.96. The first-order valence-corrected chi connectivity index (χ1v) is 10.1. The van der Waals surface area contributed by atoms with E-state index in [2.05, 4.69) is 19.9 Å². The molecule has 1 nitrogen and oxygen atoms in total. The maximum absolute atomic E-state index is 10.1. The number of benzene rings is 1. The zero-order chi connectivity index (χ0) is 16.8. The molecule has 132 valence electrons. The van der Waals surface area contributed by atoms with Crippen molar-refractivity contribution in [1.82, 2.24) is 0 Å². The number of phenolic OH excluding ortho intramolecular Hbond substituents is 1. The summed E-state index contributed by atoms with van der Waals surface area (Å²) >= 11 is 0. The van der Waals surface area contributed by atoms with E-state index in [1.807, 2.05) is 12.1 Å². The number of hydrogen-bond acceptors (Lipinski definition) is 1. The lowest BCUT2D eigenvalue weighted by Crippen LogP contribution is -1.96. The van der Waals surface area contributed by atoms with Crippen LogP contribution in [0.3, 0.4) is 0 Å². The van der Waals surface area contributed by atoms with Crippen molar-refractivity contribution < 1.29 is 5.11 Å². The van der Waals surface area contributed by atoms with Gasteiger partial charge in [-0.05, 0) is 42.9 Å². The molecule has 0 amide bonds. The van der Waals surface area contributed by atoms with Crippen LogP contribution < -0.4 is 0 Å². The van der Waals surface area contributed by atoms with Crippen LogP contribution in [0.15, 0.2) is 18.2 Å². The van der Waals surface area contributed by atoms with Gasteiger partial charge in [0.25, 0.3) is 0 Å². The van der Waals surface area contributed by atoms with Gasteiger partial charge in [0.2, 0.25) is 0 Å². The topological polar surface area (TPSA) is 20.2 Å². The molecule has 0 spiro atoms. The van der Waals surface area contributed by atoms with Crippen LogP contribution in [-0.2, 0) is 12.8 Å². The smallest absolute Gasteiger partial charge is 0.119 e. The molecule has 0 saturated carbocycles. The van der Waals surface area contributed by atoms with E-state index in [4.69, 9.17) is 0 Å². The summed E-state index contributed by atoms with van der Waals surface area (Å²) in [6.45, 7) is 4.50. The van der Waals surface area contributed by atoms with Crippen molar-refractivity contribution >= 4 is 0 Å². The van der Waals surface area contributed by atoms with Crippen molar-refractivity contribution in [1.29, 1.82) is 0 Å². The molecule has 1 aromatic rings.